The summed E-state index contributed by atoms with van der Waals surface area (Å²) in [6.45, 7) is 24.8. The summed E-state index contributed by atoms with van der Waals surface area (Å²) in [5.41, 5.74) is 9.27. The SMILES string of the molecule is CC(C)(CC(C)(C)C(=C[NH2+]C1CC2CCC(C2)C1N1CC(C(C)(C)CC(C)(C)OC(=O)C(C)(C)Br)NN1)NN)OC(=O)C(C)(C)Br. The lowest BCUT2D eigenvalue weighted by Gasteiger charge is -2.41. The molecule has 5 atom stereocenters. The van der Waals surface area contributed by atoms with Crippen molar-refractivity contribution in [2.24, 2.45) is 28.5 Å². The molecule has 2 saturated carbocycles. The van der Waals surface area contributed by atoms with E-state index in [-0.39, 0.29) is 28.8 Å². The first kappa shape index (κ1) is 39.7. The number of hydrazine groups is 3. The number of hydrogen-bond donors (Lipinski definition) is 5. The molecule has 2 bridgehead atoms. The van der Waals surface area contributed by atoms with Crippen LogP contribution in [0, 0.1) is 22.7 Å². The molecule has 0 aromatic carbocycles. The van der Waals surface area contributed by atoms with Crippen molar-refractivity contribution in [3.05, 3.63) is 11.9 Å². The van der Waals surface area contributed by atoms with Crippen molar-refractivity contribution in [3.63, 3.8) is 0 Å². The number of quaternary nitrogens is 1. The highest BCUT2D eigenvalue weighted by Gasteiger charge is 2.50. The lowest BCUT2D eigenvalue weighted by molar-refractivity contribution is -0.638. The molecule has 3 rings (SSSR count). The topological polar surface area (TPSA) is 135 Å². The van der Waals surface area contributed by atoms with Crippen molar-refractivity contribution in [1.82, 2.24) is 21.4 Å². The van der Waals surface area contributed by atoms with Gasteiger partial charge < -0.3 is 20.2 Å². The molecule has 0 spiro atoms. The Balaban J connectivity index is 1.72. The third-order valence-electron chi connectivity index (χ3n) is 10.0. The van der Waals surface area contributed by atoms with Crippen LogP contribution in [0.5, 0.6) is 0 Å². The van der Waals surface area contributed by atoms with Gasteiger partial charge in [-0.3, -0.25) is 15.4 Å². The first-order chi connectivity index (χ1) is 20.8. The van der Waals surface area contributed by atoms with Crippen LogP contribution in [0.4, 0.5) is 0 Å². The number of allylic oxidation sites excluding steroid dienone is 1. The summed E-state index contributed by atoms with van der Waals surface area (Å²) in [7, 11) is 0. The van der Waals surface area contributed by atoms with Crippen LogP contribution in [0.3, 0.4) is 0 Å². The Morgan fingerprint density at radius 2 is 1.43 bits per heavy atom. The van der Waals surface area contributed by atoms with Crippen molar-refractivity contribution < 1.29 is 24.4 Å². The number of esters is 2. The van der Waals surface area contributed by atoms with Crippen molar-refractivity contribution >= 4 is 43.8 Å². The molecule has 1 aliphatic heterocycles. The smallest absolute Gasteiger partial charge is 0.322 e. The monoisotopic (exact) mass is 777 g/mol. The van der Waals surface area contributed by atoms with E-state index in [1.54, 1.807) is 13.8 Å². The minimum Gasteiger partial charge on any atom is -0.459 e. The summed E-state index contributed by atoms with van der Waals surface area (Å²) >= 11 is 6.86. The van der Waals surface area contributed by atoms with Gasteiger partial charge in [0.25, 0.3) is 0 Å². The molecule has 2 aliphatic carbocycles. The summed E-state index contributed by atoms with van der Waals surface area (Å²) in [6, 6.07) is 0.886. The summed E-state index contributed by atoms with van der Waals surface area (Å²) in [6.07, 6.45) is 8.44. The van der Waals surface area contributed by atoms with Gasteiger partial charge in [0, 0.05) is 24.4 Å². The van der Waals surface area contributed by atoms with E-state index in [4.69, 9.17) is 15.3 Å². The number of fused-ring (bicyclic) bond motifs is 2. The predicted octanol–water partition coefficient (Wildman–Crippen LogP) is 4.93. The van der Waals surface area contributed by atoms with Crippen molar-refractivity contribution in [2.45, 2.75) is 160 Å². The van der Waals surface area contributed by atoms with Gasteiger partial charge in [0.05, 0.1) is 11.7 Å². The Bertz CT molecular complexity index is 1130. The predicted molar refractivity (Wildman–Crippen MR) is 190 cm³/mol. The van der Waals surface area contributed by atoms with Crippen LogP contribution in [0.25, 0.3) is 0 Å². The number of hydrogen-bond acceptors (Lipinski definition) is 9. The summed E-state index contributed by atoms with van der Waals surface area (Å²) in [5, 5.41) is 4.79. The van der Waals surface area contributed by atoms with E-state index >= 15 is 0 Å². The van der Waals surface area contributed by atoms with Crippen molar-refractivity contribution in [2.75, 3.05) is 6.54 Å². The standard InChI is InChI=1S/C34H62Br2N6O4/c1-29(2,19-31(5,6)45-27(43)33(9,10)35)24(39-37)17-38-23-16-21-13-14-22(15-21)26(23)42-18-25(40-41-42)30(3,4)20-32(7,8)46-28(44)34(11,12)36/h17,21-23,25-26,38-41H,13-16,18-20,37H2,1-12H3/p+1. The van der Waals surface area contributed by atoms with Crippen LogP contribution in [0.2, 0.25) is 0 Å². The van der Waals surface area contributed by atoms with E-state index in [9.17, 15) is 9.59 Å². The molecule has 7 N–H and O–H groups in total. The zero-order valence-corrected chi connectivity index (χ0v) is 33.6. The van der Waals surface area contributed by atoms with Gasteiger partial charge in [-0.25, -0.2) is 10.4 Å². The average molecular weight is 780 g/mol. The molecule has 0 aromatic heterocycles. The molecular weight excluding hydrogens is 716 g/mol. The number of halogens is 2. The van der Waals surface area contributed by atoms with Gasteiger partial charge in [-0.05, 0) is 105 Å². The van der Waals surface area contributed by atoms with E-state index in [2.05, 4.69) is 92.5 Å². The lowest BCUT2D eigenvalue weighted by Crippen LogP contribution is -2.90. The maximum Gasteiger partial charge on any atom is 0.322 e. The fourth-order valence-electron chi connectivity index (χ4n) is 8.16. The molecule has 1 heterocycles. The molecule has 266 valence electrons. The molecule has 0 radical (unpaired) electrons. The highest BCUT2D eigenvalue weighted by molar-refractivity contribution is 9.10. The van der Waals surface area contributed by atoms with Crippen LogP contribution in [0.15, 0.2) is 11.9 Å². The third-order valence-corrected chi connectivity index (χ3v) is 10.7. The molecule has 0 amide bonds. The Kier molecular flexibility index (Phi) is 12.3. The van der Waals surface area contributed by atoms with Gasteiger partial charge >= 0.3 is 11.9 Å². The molecule has 1 saturated heterocycles. The molecule has 3 aliphatic rings. The molecule has 46 heavy (non-hydrogen) atoms. The lowest BCUT2D eigenvalue weighted by atomic mass is 9.75. The molecule has 12 heteroatoms. The minimum absolute atomic E-state index is 0.144. The van der Waals surface area contributed by atoms with Crippen LogP contribution in [-0.4, -0.2) is 61.5 Å². The Hall–Kier alpha value is -0.760. The van der Waals surface area contributed by atoms with E-state index in [0.29, 0.717) is 24.4 Å². The van der Waals surface area contributed by atoms with E-state index in [1.807, 2.05) is 41.5 Å². The van der Waals surface area contributed by atoms with Crippen LogP contribution in [0.1, 0.15) is 122 Å². The normalized spacial score (nSPS) is 27.1. The Labute approximate surface area is 295 Å². The molecule has 10 nitrogen and oxygen atoms in total. The van der Waals surface area contributed by atoms with E-state index < -0.39 is 19.9 Å². The zero-order chi connectivity index (χ0) is 35.1. The number of ether oxygens (including phenoxy) is 2. The van der Waals surface area contributed by atoms with E-state index in [0.717, 1.165) is 31.0 Å². The highest BCUT2D eigenvalue weighted by atomic mass is 79.9. The van der Waals surface area contributed by atoms with Gasteiger partial charge in [0.2, 0.25) is 0 Å². The van der Waals surface area contributed by atoms with Crippen molar-refractivity contribution in [3.8, 4) is 0 Å². The van der Waals surface area contributed by atoms with Crippen LogP contribution < -0.4 is 27.5 Å². The molecular formula is C34H63Br2N6O4+. The fourth-order valence-corrected chi connectivity index (χ4v) is 8.32. The summed E-state index contributed by atoms with van der Waals surface area (Å²) < 4.78 is 10.4. The number of nitrogens with zero attached hydrogens (tertiary/aromatic N) is 1. The van der Waals surface area contributed by atoms with Gasteiger partial charge in [0.15, 0.2) is 0 Å². The molecule has 3 fully saturated rings. The van der Waals surface area contributed by atoms with Crippen LogP contribution in [-0.2, 0) is 19.1 Å². The minimum atomic E-state index is -0.747. The van der Waals surface area contributed by atoms with Crippen molar-refractivity contribution in [1.29, 1.82) is 0 Å². The third kappa shape index (κ3) is 10.4. The second kappa shape index (κ2) is 14.2. The molecule has 0 aromatic rings. The van der Waals surface area contributed by atoms with Gasteiger partial charge in [0.1, 0.15) is 32.1 Å². The number of carbonyl (C=O) groups is 2. The number of rotatable bonds is 14. The second-order valence-corrected chi connectivity index (χ2v) is 21.6. The fraction of sp³-hybridized carbons (Fsp3) is 0.882. The Morgan fingerprint density at radius 3 is 1.96 bits per heavy atom. The first-order valence-corrected chi connectivity index (χ1v) is 18.5. The van der Waals surface area contributed by atoms with Gasteiger partial charge in [-0.1, -0.05) is 59.6 Å². The molecule has 5 unspecified atom stereocenters. The second-order valence-electron chi connectivity index (χ2n) is 17.7. The zero-order valence-electron chi connectivity index (χ0n) is 30.4. The highest BCUT2D eigenvalue weighted by Crippen LogP contribution is 2.44. The largest absolute Gasteiger partial charge is 0.459 e. The summed E-state index contributed by atoms with van der Waals surface area (Å²) in [4.78, 5) is 25.3. The van der Waals surface area contributed by atoms with Crippen LogP contribution >= 0.6 is 31.9 Å². The first-order valence-electron chi connectivity index (χ1n) is 16.9. The number of nitrogens with two attached hydrogens (primary N) is 2. The number of alkyl halides is 2. The number of nitrogens with one attached hydrogen (secondary N) is 3. The average Bonchev–Trinajstić information content (AvgIpc) is 3.49. The maximum atomic E-state index is 12.6. The van der Waals surface area contributed by atoms with E-state index in [1.165, 1.54) is 19.3 Å². The Morgan fingerprint density at radius 1 is 0.891 bits per heavy atom. The number of carbonyl (C=O) groups excluding carboxylic acids is 2. The van der Waals surface area contributed by atoms with Gasteiger partial charge in [-0.2, -0.15) is 5.53 Å². The van der Waals surface area contributed by atoms with Gasteiger partial charge in [-0.15, -0.1) is 0 Å². The quantitative estimate of drug-likeness (QED) is 0.0721. The maximum absolute atomic E-state index is 12.6. The summed E-state index contributed by atoms with van der Waals surface area (Å²) in [5.74, 6) is 6.97.